The Labute approximate surface area is 221 Å². The molecule has 0 N–H and O–H groups in total. The molecule has 0 aromatic heterocycles. The van der Waals surface area contributed by atoms with Crippen LogP contribution in [0.25, 0.3) is 0 Å². The highest BCUT2D eigenvalue weighted by molar-refractivity contribution is 5.68. The van der Waals surface area contributed by atoms with Gasteiger partial charge in [-0.05, 0) is 102 Å². The maximum atomic E-state index is 15.1. The number of nitrogens with zero attached hydrogens (tertiary/aromatic N) is 2. The monoisotopic (exact) mass is 510 g/mol. The quantitative estimate of drug-likeness (QED) is 0.419. The molecule has 2 aromatic carbocycles. The molecule has 5 nitrogen and oxygen atoms in total. The molecule has 0 atom stereocenters. The highest BCUT2D eigenvalue weighted by Gasteiger charge is 2.40. The van der Waals surface area contributed by atoms with Crippen LogP contribution >= 0.6 is 0 Å². The number of hydrogen-bond acceptors (Lipinski definition) is 4. The number of carbonyl (C=O) groups is 1. The van der Waals surface area contributed by atoms with Crippen molar-refractivity contribution >= 4 is 6.09 Å². The van der Waals surface area contributed by atoms with Crippen molar-refractivity contribution < 1.29 is 18.7 Å². The highest BCUT2D eigenvalue weighted by Crippen LogP contribution is 2.38. The summed E-state index contributed by atoms with van der Waals surface area (Å²) in [5.41, 5.74) is 1.44. The molecule has 0 saturated carbocycles. The third-order valence-corrected chi connectivity index (χ3v) is 8.12. The van der Waals surface area contributed by atoms with Crippen LogP contribution in [-0.4, -0.2) is 53.2 Å². The molecule has 4 rings (SSSR count). The van der Waals surface area contributed by atoms with E-state index in [4.69, 9.17) is 9.47 Å². The predicted octanol–water partition coefficient (Wildman–Crippen LogP) is 7.01. The van der Waals surface area contributed by atoms with Crippen LogP contribution in [0.15, 0.2) is 48.5 Å². The zero-order chi connectivity index (χ0) is 26.6. The molecule has 2 aromatic rings. The van der Waals surface area contributed by atoms with Gasteiger partial charge in [0.05, 0.1) is 0 Å². The first-order valence-corrected chi connectivity index (χ1v) is 13.7. The van der Waals surface area contributed by atoms with Gasteiger partial charge in [-0.15, -0.1) is 0 Å². The molecule has 2 aliphatic rings. The smallest absolute Gasteiger partial charge is 0.410 e. The number of ether oxygens (including phenoxy) is 2. The molecular formula is C31H43FN2O3. The maximum Gasteiger partial charge on any atom is 0.410 e. The lowest BCUT2D eigenvalue weighted by Gasteiger charge is -2.49. The molecular weight excluding hydrogens is 467 g/mol. The summed E-state index contributed by atoms with van der Waals surface area (Å²) < 4.78 is 26.4. The van der Waals surface area contributed by atoms with Crippen molar-refractivity contribution in [2.75, 3.05) is 26.2 Å². The van der Waals surface area contributed by atoms with Crippen LogP contribution in [-0.2, 0) is 11.3 Å². The van der Waals surface area contributed by atoms with E-state index >= 15 is 4.39 Å². The second-order valence-corrected chi connectivity index (χ2v) is 12.1. The molecule has 2 aliphatic heterocycles. The van der Waals surface area contributed by atoms with Crippen LogP contribution in [0.1, 0.15) is 77.3 Å². The lowest BCUT2D eigenvalue weighted by molar-refractivity contribution is -0.00684. The average molecular weight is 511 g/mol. The standard InChI is InChI=1S/C31H43FN2O3/c1-30(2,3)37-29(35)33-17-15-25(16-18-33)31(4,5)34-19-13-24(14-20-34)27-12-11-26(21-28(27)32)36-22-23-9-7-6-8-10-23/h6-12,21,24-25H,13-20,22H2,1-5H3. The molecule has 6 heteroatoms. The zero-order valence-corrected chi connectivity index (χ0v) is 23.1. The van der Waals surface area contributed by atoms with Crippen LogP contribution in [0.3, 0.4) is 0 Å². The summed E-state index contributed by atoms with van der Waals surface area (Å²) in [4.78, 5) is 16.9. The van der Waals surface area contributed by atoms with E-state index < -0.39 is 5.60 Å². The molecule has 37 heavy (non-hydrogen) atoms. The first kappa shape index (κ1) is 27.4. The van der Waals surface area contributed by atoms with Crippen molar-refractivity contribution in [3.63, 3.8) is 0 Å². The second-order valence-electron chi connectivity index (χ2n) is 12.1. The third-order valence-electron chi connectivity index (χ3n) is 8.12. The molecule has 2 heterocycles. The molecule has 0 radical (unpaired) electrons. The Morgan fingerprint density at radius 3 is 2.16 bits per heavy atom. The molecule has 0 unspecified atom stereocenters. The van der Waals surface area contributed by atoms with E-state index in [1.807, 2.05) is 68.1 Å². The minimum atomic E-state index is -0.466. The van der Waals surface area contributed by atoms with E-state index in [1.54, 1.807) is 0 Å². The zero-order valence-electron chi connectivity index (χ0n) is 23.1. The largest absolute Gasteiger partial charge is 0.489 e. The maximum absolute atomic E-state index is 15.1. The van der Waals surface area contributed by atoms with Crippen molar-refractivity contribution in [3.05, 3.63) is 65.5 Å². The van der Waals surface area contributed by atoms with Gasteiger partial charge in [0.25, 0.3) is 0 Å². The summed E-state index contributed by atoms with van der Waals surface area (Å²) in [5, 5.41) is 0. The topological polar surface area (TPSA) is 42.0 Å². The van der Waals surface area contributed by atoms with Crippen LogP contribution in [0.2, 0.25) is 0 Å². The molecule has 0 bridgehead atoms. The van der Waals surface area contributed by atoms with Crippen LogP contribution in [0, 0.1) is 11.7 Å². The molecule has 2 saturated heterocycles. The van der Waals surface area contributed by atoms with E-state index in [2.05, 4.69) is 18.7 Å². The average Bonchev–Trinajstić information content (AvgIpc) is 2.87. The van der Waals surface area contributed by atoms with Gasteiger partial charge in [0.1, 0.15) is 23.8 Å². The highest BCUT2D eigenvalue weighted by atomic mass is 19.1. The van der Waals surface area contributed by atoms with Gasteiger partial charge in [-0.1, -0.05) is 36.4 Å². The summed E-state index contributed by atoms with van der Waals surface area (Å²) >= 11 is 0. The van der Waals surface area contributed by atoms with E-state index in [-0.39, 0.29) is 23.4 Å². The fourth-order valence-corrected chi connectivity index (χ4v) is 5.79. The Hall–Kier alpha value is -2.60. The van der Waals surface area contributed by atoms with Gasteiger partial charge >= 0.3 is 6.09 Å². The van der Waals surface area contributed by atoms with Crippen LogP contribution in [0.4, 0.5) is 9.18 Å². The minimum Gasteiger partial charge on any atom is -0.489 e. The van der Waals surface area contributed by atoms with Crippen molar-refractivity contribution in [2.24, 2.45) is 5.92 Å². The number of likely N-dealkylation sites (tertiary alicyclic amines) is 2. The number of halogens is 1. The summed E-state index contributed by atoms with van der Waals surface area (Å²) in [6, 6.07) is 15.3. The molecule has 2 fully saturated rings. The summed E-state index contributed by atoms with van der Waals surface area (Å²) in [6.07, 6.45) is 3.64. The lowest BCUT2D eigenvalue weighted by atomic mass is 9.77. The molecule has 0 aliphatic carbocycles. The van der Waals surface area contributed by atoms with Gasteiger partial charge in [0.15, 0.2) is 0 Å². The number of hydrogen-bond donors (Lipinski definition) is 0. The second kappa shape index (κ2) is 11.4. The summed E-state index contributed by atoms with van der Waals surface area (Å²) in [5.74, 6) is 1.14. The lowest BCUT2D eigenvalue weighted by Crippen LogP contribution is -2.55. The van der Waals surface area contributed by atoms with Gasteiger partial charge in [-0.3, -0.25) is 4.90 Å². The van der Waals surface area contributed by atoms with Gasteiger partial charge in [-0.25, -0.2) is 9.18 Å². The van der Waals surface area contributed by atoms with Crippen molar-refractivity contribution in [2.45, 2.75) is 84.0 Å². The molecule has 202 valence electrons. The Morgan fingerprint density at radius 1 is 0.919 bits per heavy atom. The Kier molecular flexibility index (Phi) is 8.47. The number of piperidine rings is 2. The fraction of sp³-hybridized carbons (Fsp3) is 0.581. The van der Waals surface area contributed by atoms with Crippen molar-refractivity contribution in [1.29, 1.82) is 0 Å². The molecule has 0 spiro atoms. The first-order chi connectivity index (χ1) is 17.5. The molecule has 1 amide bonds. The van der Waals surface area contributed by atoms with E-state index in [9.17, 15) is 4.79 Å². The first-order valence-electron chi connectivity index (χ1n) is 13.7. The predicted molar refractivity (Wildman–Crippen MR) is 145 cm³/mol. The van der Waals surface area contributed by atoms with Crippen LogP contribution in [0.5, 0.6) is 5.75 Å². The van der Waals surface area contributed by atoms with Crippen molar-refractivity contribution in [1.82, 2.24) is 9.80 Å². The SMILES string of the molecule is CC(C)(C)OC(=O)N1CCC(C(C)(C)N2CCC(c3ccc(OCc4ccccc4)cc3F)CC2)CC1. The minimum absolute atomic E-state index is 0.0403. The van der Waals surface area contributed by atoms with Gasteiger partial charge in [0, 0.05) is 24.7 Å². The number of carbonyl (C=O) groups excluding carboxylic acids is 1. The van der Waals surface area contributed by atoms with E-state index in [0.717, 1.165) is 63.0 Å². The van der Waals surface area contributed by atoms with Gasteiger partial charge in [-0.2, -0.15) is 0 Å². The Morgan fingerprint density at radius 2 is 1.57 bits per heavy atom. The summed E-state index contributed by atoms with van der Waals surface area (Å²) in [7, 11) is 0. The number of rotatable bonds is 6. The van der Waals surface area contributed by atoms with Gasteiger partial charge in [0.2, 0.25) is 0 Å². The Bertz CT molecular complexity index is 1030. The number of benzene rings is 2. The van der Waals surface area contributed by atoms with Crippen LogP contribution < -0.4 is 4.74 Å². The van der Waals surface area contributed by atoms with Crippen molar-refractivity contribution in [3.8, 4) is 5.75 Å². The number of amides is 1. The van der Waals surface area contributed by atoms with Gasteiger partial charge < -0.3 is 14.4 Å². The van der Waals surface area contributed by atoms with E-state index in [0.29, 0.717) is 18.3 Å². The summed E-state index contributed by atoms with van der Waals surface area (Å²) in [6.45, 7) is 14.2. The third kappa shape index (κ3) is 7.04. The Balaban J connectivity index is 1.28. The fourth-order valence-electron chi connectivity index (χ4n) is 5.79. The normalized spacial score (nSPS) is 18.6. The van der Waals surface area contributed by atoms with E-state index in [1.165, 1.54) is 6.07 Å².